The highest BCUT2D eigenvalue weighted by atomic mass is 15.1. The maximum absolute atomic E-state index is 8.99. The Morgan fingerprint density at radius 1 is 1.06 bits per heavy atom. The molecule has 0 rings (SSSR count). The van der Waals surface area contributed by atoms with Crippen LogP contribution in [0, 0.1) is 23.2 Å². The number of hydrogen-bond donors (Lipinski definition) is 1. The lowest BCUT2D eigenvalue weighted by atomic mass is 10.1. The lowest BCUT2D eigenvalue weighted by Gasteiger charge is -2.26. The molecule has 0 aliphatic rings. The quantitative estimate of drug-likeness (QED) is 0.672. The van der Waals surface area contributed by atoms with Crippen LogP contribution < -0.4 is 5.32 Å². The molecule has 0 aromatic carbocycles. The molecule has 0 bridgehead atoms. The van der Waals surface area contributed by atoms with Gasteiger partial charge in [-0.15, -0.1) is 0 Å². The summed E-state index contributed by atoms with van der Waals surface area (Å²) in [4.78, 5) is 2.42. The van der Waals surface area contributed by atoms with Crippen LogP contribution in [0.1, 0.15) is 40.5 Å². The zero-order valence-electron chi connectivity index (χ0n) is 12.2. The smallest absolute Gasteiger partial charge is 0.108 e. The first-order valence-corrected chi connectivity index (χ1v) is 6.78. The van der Waals surface area contributed by atoms with E-state index in [9.17, 15) is 0 Å². The van der Waals surface area contributed by atoms with Gasteiger partial charge in [-0.1, -0.05) is 27.7 Å². The second-order valence-corrected chi connectivity index (χ2v) is 5.64. The molecule has 0 fully saturated rings. The van der Waals surface area contributed by atoms with Crippen LogP contribution in [-0.2, 0) is 0 Å². The number of likely N-dealkylation sites (N-methyl/N-ethyl adjacent to an activating group) is 1. The molecule has 1 atom stereocenters. The van der Waals surface area contributed by atoms with Crippen LogP contribution in [0.3, 0.4) is 0 Å². The predicted molar refractivity (Wildman–Crippen MR) is 73.8 cm³/mol. The minimum atomic E-state index is -0.0469. The zero-order chi connectivity index (χ0) is 13.3. The third-order valence-electron chi connectivity index (χ3n) is 2.99. The summed E-state index contributed by atoms with van der Waals surface area (Å²) in [5.74, 6) is 1.46. The fourth-order valence-electron chi connectivity index (χ4n) is 1.63. The van der Waals surface area contributed by atoms with Crippen LogP contribution in [0.4, 0.5) is 0 Å². The molecule has 100 valence electrons. The first kappa shape index (κ1) is 16.4. The molecule has 0 aliphatic carbocycles. The summed E-state index contributed by atoms with van der Waals surface area (Å²) in [5.41, 5.74) is 0. The van der Waals surface area contributed by atoms with Crippen molar-refractivity contribution in [3.8, 4) is 6.07 Å². The molecule has 0 aromatic rings. The van der Waals surface area contributed by atoms with Gasteiger partial charge in [0.2, 0.25) is 0 Å². The van der Waals surface area contributed by atoms with Gasteiger partial charge >= 0.3 is 0 Å². The number of rotatable bonds is 9. The largest absolute Gasteiger partial charge is 0.304 e. The summed E-state index contributed by atoms with van der Waals surface area (Å²) in [6.07, 6.45) is 2.42. The second kappa shape index (κ2) is 9.44. The molecule has 0 amide bonds. The average Bonchev–Trinajstić information content (AvgIpc) is 2.27. The van der Waals surface area contributed by atoms with Crippen molar-refractivity contribution in [3.63, 3.8) is 0 Å². The maximum Gasteiger partial charge on any atom is 0.108 e. The first-order chi connectivity index (χ1) is 7.99. The number of nitrogens with zero attached hydrogens (tertiary/aromatic N) is 2. The van der Waals surface area contributed by atoms with E-state index >= 15 is 0 Å². The molecule has 0 aromatic heterocycles. The molecule has 0 spiro atoms. The van der Waals surface area contributed by atoms with E-state index in [1.54, 1.807) is 0 Å². The SMILES string of the molecule is CNC(C#N)CN(CCC(C)C)CCC(C)C. The highest BCUT2D eigenvalue weighted by Crippen LogP contribution is 2.07. The van der Waals surface area contributed by atoms with Gasteiger partial charge in [0.15, 0.2) is 0 Å². The molecule has 1 unspecified atom stereocenters. The van der Waals surface area contributed by atoms with Gasteiger partial charge in [-0.25, -0.2) is 0 Å². The highest BCUT2D eigenvalue weighted by Gasteiger charge is 2.12. The monoisotopic (exact) mass is 239 g/mol. The van der Waals surface area contributed by atoms with Gasteiger partial charge in [0, 0.05) is 6.54 Å². The van der Waals surface area contributed by atoms with Crippen molar-refractivity contribution in [3.05, 3.63) is 0 Å². The first-order valence-electron chi connectivity index (χ1n) is 6.78. The molecule has 1 N–H and O–H groups in total. The minimum absolute atomic E-state index is 0.0469. The standard InChI is InChI=1S/C14H29N3/c1-12(2)6-8-17(9-7-13(3)4)11-14(10-15)16-5/h12-14,16H,6-9,11H2,1-5H3. The van der Waals surface area contributed by atoms with Gasteiger partial charge in [-0.3, -0.25) is 0 Å². The Hall–Kier alpha value is -0.590. The lowest BCUT2D eigenvalue weighted by Crippen LogP contribution is -2.40. The Balaban J connectivity index is 4.14. The van der Waals surface area contributed by atoms with Gasteiger partial charge < -0.3 is 10.2 Å². The van der Waals surface area contributed by atoms with Crippen molar-refractivity contribution in [2.75, 3.05) is 26.7 Å². The van der Waals surface area contributed by atoms with Crippen LogP contribution >= 0.6 is 0 Å². The van der Waals surface area contributed by atoms with E-state index in [2.05, 4.69) is 44.0 Å². The highest BCUT2D eigenvalue weighted by molar-refractivity contribution is 4.91. The van der Waals surface area contributed by atoms with E-state index in [-0.39, 0.29) is 6.04 Å². The van der Waals surface area contributed by atoms with Gasteiger partial charge in [-0.05, 0) is 44.8 Å². The topological polar surface area (TPSA) is 39.1 Å². The lowest BCUT2D eigenvalue weighted by molar-refractivity contribution is 0.233. The van der Waals surface area contributed by atoms with Crippen molar-refractivity contribution in [2.45, 2.75) is 46.6 Å². The predicted octanol–water partition coefficient (Wildman–Crippen LogP) is 2.49. The summed E-state index contributed by atoms with van der Waals surface area (Å²) in [7, 11) is 1.86. The van der Waals surface area contributed by atoms with Crippen molar-refractivity contribution in [2.24, 2.45) is 11.8 Å². The van der Waals surface area contributed by atoms with Gasteiger partial charge in [0.1, 0.15) is 6.04 Å². The third-order valence-corrected chi connectivity index (χ3v) is 2.99. The second-order valence-electron chi connectivity index (χ2n) is 5.64. The summed E-state index contributed by atoms with van der Waals surface area (Å²) >= 11 is 0. The van der Waals surface area contributed by atoms with Crippen LogP contribution in [0.2, 0.25) is 0 Å². The number of hydrogen-bond acceptors (Lipinski definition) is 3. The fraction of sp³-hybridized carbons (Fsp3) is 0.929. The van der Waals surface area contributed by atoms with Crippen LogP contribution in [0.5, 0.6) is 0 Å². The Kier molecular flexibility index (Phi) is 9.11. The van der Waals surface area contributed by atoms with Crippen LogP contribution in [0.25, 0.3) is 0 Å². The van der Waals surface area contributed by atoms with Crippen molar-refractivity contribution < 1.29 is 0 Å². The van der Waals surface area contributed by atoms with Gasteiger partial charge in [-0.2, -0.15) is 5.26 Å². The van der Waals surface area contributed by atoms with Gasteiger partial charge in [0.05, 0.1) is 6.07 Å². The van der Waals surface area contributed by atoms with Crippen LogP contribution in [0.15, 0.2) is 0 Å². The third kappa shape index (κ3) is 9.14. The summed E-state index contributed by atoms with van der Waals surface area (Å²) in [6, 6.07) is 2.26. The molecule has 17 heavy (non-hydrogen) atoms. The van der Waals surface area contributed by atoms with Crippen molar-refractivity contribution in [1.82, 2.24) is 10.2 Å². The Labute approximate surface area is 107 Å². The fourth-order valence-corrected chi connectivity index (χ4v) is 1.63. The maximum atomic E-state index is 8.99. The molecule has 0 aliphatic heterocycles. The average molecular weight is 239 g/mol. The van der Waals surface area contributed by atoms with E-state index in [1.165, 1.54) is 12.8 Å². The molecule has 0 saturated heterocycles. The van der Waals surface area contributed by atoms with E-state index in [1.807, 2.05) is 7.05 Å². The number of nitrogens with one attached hydrogen (secondary N) is 1. The molecular formula is C14H29N3. The Bertz CT molecular complexity index is 206. The summed E-state index contributed by atoms with van der Waals surface area (Å²) in [6.45, 7) is 12.0. The van der Waals surface area contributed by atoms with E-state index in [0.29, 0.717) is 0 Å². The normalized spacial score (nSPS) is 13.4. The molecule has 0 radical (unpaired) electrons. The molecule has 3 nitrogen and oxygen atoms in total. The Morgan fingerprint density at radius 3 is 1.82 bits per heavy atom. The minimum Gasteiger partial charge on any atom is -0.304 e. The van der Waals surface area contributed by atoms with E-state index < -0.39 is 0 Å². The van der Waals surface area contributed by atoms with Crippen molar-refractivity contribution in [1.29, 1.82) is 5.26 Å². The van der Waals surface area contributed by atoms with Gasteiger partial charge in [0.25, 0.3) is 0 Å². The Morgan fingerprint density at radius 2 is 1.53 bits per heavy atom. The molecule has 3 heteroatoms. The summed E-state index contributed by atoms with van der Waals surface area (Å²) < 4.78 is 0. The van der Waals surface area contributed by atoms with E-state index in [4.69, 9.17) is 5.26 Å². The summed E-state index contributed by atoms with van der Waals surface area (Å²) in [5, 5.41) is 12.0. The van der Waals surface area contributed by atoms with Crippen molar-refractivity contribution >= 4 is 0 Å². The molecule has 0 heterocycles. The number of nitriles is 1. The van der Waals surface area contributed by atoms with E-state index in [0.717, 1.165) is 31.5 Å². The van der Waals surface area contributed by atoms with Crippen LogP contribution in [-0.4, -0.2) is 37.6 Å². The molecule has 0 saturated carbocycles. The zero-order valence-corrected chi connectivity index (χ0v) is 12.2. The molecular weight excluding hydrogens is 210 g/mol.